The molecule has 8 heteroatoms. The molecule has 270 valence electrons. The minimum absolute atomic E-state index is 0.0269. The zero-order valence-electron chi connectivity index (χ0n) is 32.1. The molecule has 2 aromatic rings. The number of carbonyl (C=O) groups is 2. The van der Waals surface area contributed by atoms with Crippen molar-refractivity contribution < 1.29 is 34.5 Å². The van der Waals surface area contributed by atoms with Crippen LogP contribution in [0.4, 0.5) is 0 Å². The molecule has 0 aliphatic rings. The van der Waals surface area contributed by atoms with E-state index >= 15 is 0 Å². The highest BCUT2D eigenvalue weighted by molar-refractivity contribution is 5.80. The standard InChI is InChI=1S/C40H63NO7/c1-15-17-47-35(44)31(23-25-19-27(37(3,4)5)33(42)28(20-25)38(6,7)8)41(46)32(36(45)48-18-16-2)24-26-21-29(39(9,10)11)34(43)30(22-26)40(12,13)14/h19-22,31-32,42-43,46H,15-18,23-24H2,1-14H3. The third kappa shape index (κ3) is 10.4. The Morgan fingerprint density at radius 2 is 0.833 bits per heavy atom. The van der Waals surface area contributed by atoms with Crippen LogP contribution in [0.15, 0.2) is 24.3 Å². The third-order valence-corrected chi connectivity index (χ3v) is 8.51. The van der Waals surface area contributed by atoms with Crippen molar-refractivity contribution >= 4 is 11.9 Å². The van der Waals surface area contributed by atoms with E-state index in [0.717, 1.165) is 38.4 Å². The average Bonchev–Trinajstić information content (AvgIpc) is 2.94. The van der Waals surface area contributed by atoms with E-state index < -0.39 is 45.7 Å². The summed E-state index contributed by atoms with van der Waals surface area (Å²) in [6.45, 7) is 28.2. The highest BCUT2D eigenvalue weighted by atomic mass is 16.6. The molecule has 0 spiro atoms. The molecule has 3 N–H and O–H groups in total. The second-order valence-electron chi connectivity index (χ2n) is 17.2. The molecule has 48 heavy (non-hydrogen) atoms. The number of phenolic OH excluding ortho intramolecular Hbond substituents is 2. The molecular formula is C40H63NO7. The van der Waals surface area contributed by atoms with Crippen LogP contribution in [-0.4, -0.2) is 57.7 Å². The lowest BCUT2D eigenvalue weighted by Gasteiger charge is -2.33. The number of hydroxylamine groups is 2. The molecule has 0 aliphatic heterocycles. The summed E-state index contributed by atoms with van der Waals surface area (Å²) < 4.78 is 11.2. The minimum Gasteiger partial charge on any atom is -0.507 e. The Morgan fingerprint density at radius 3 is 1.04 bits per heavy atom. The van der Waals surface area contributed by atoms with Gasteiger partial charge < -0.3 is 24.9 Å². The third-order valence-electron chi connectivity index (χ3n) is 8.51. The van der Waals surface area contributed by atoms with E-state index in [1.54, 1.807) is 0 Å². The Hall–Kier alpha value is -3.10. The number of hydrogen-bond donors (Lipinski definition) is 3. The van der Waals surface area contributed by atoms with Gasteiger partial charge in [0.25, 0.3) is 0 Å². The van der Waals surface area contributed by atoms with Crippen molar-refractivity contribution in [3.63, 3.8) is 0 Å². The maximum atomic E-state index is 13.7. The second-order valence-corrected chi connectivity index (χ2v) is 17.2. The SMILES string of the molecule is CCCOC(=O)C(Cc1cc(C(C)(C)C)c(O)c(C(C)(C)C)c1)N(O)C(Cc1cc(C(C)(C)C)c(O)c(C(C)(C)C)c1)C(=O)OCCC. The monoisotopic (exact) mass is 669 g/mol. The summed E-state index contributed by atoms with van der Waals surface area (Å²) in [5.74, 6) is -0.900. The molecule has 0 saturated heterocycles. The van der Waals surface area contributed by atoms with E-state index in [0.29, 0.717) is 12.8 Å². The summed E-state index contributed by atoms with van der Waals surface area (Å²) in [7, 11) is 0. The summed E-state index contributed by atoms with van der Waals surface area (Å²) >= 11 is 0. The number of nitrogens with zero attached hydrogens (tertiary/aromatic N) is 1. The van der Waals surface area contributed by atoms with Crippen LogP contribution in [-0.2, 0) is 53.6 Å². The molecule has 0 radical (unpaired) electrons. The van der Waals surface area contributed by atoms with Crippen LogP contribution in [0.25, 0.3) is 0 Å². The van der Waals surface area contributed by atoms with Gasteiger partial charge in [-0.2, -0.15) is 5.06 Å². The number of benzene rings is 2. The molecule has 2 rings (SSSR count). The zero-order chi connectivity index (χ0) is 37.0. The molecule has 2 atom stereocenters. The van der Waals surface area contributed by atoms with Gasteiger partial charge >= 0.3 is 11.9 Å². The fraction of sp³-hybridized carbons (Fsp3) is 0.650. The Kier molecular flexibility index (Phi) is 13.4. The lowest BCUT2D eigenvalue weighted by molar-refractivity contribution is -0.199. The van der Waals surface area contributed by atoms with Gasteiger partial charge in [0.05, 0.1) is 13.2 Å². The summed E-state index contributed by atoms with van der Waals surface area (Å²) in [6, 6.07) is 4.98. The largest absolute Gasteiger partial charge is 0.507 e. The Bertz CT molecular complexity index is 1240. The van der Waals surface area contributed by atoms with Crippen molar-refractivity contribution in [2.24, 2.45) is 0 Å². The van der Waals surface area contributed by atoms with Crippen molar-refractivity contribution in [1.29, 1.82) is 0 Å². The van der Waals surface area contributed by atoms with Crippen LogP contribution in [0, 0.1) is 0 Å². The van der Waals surface area contributed by atoms with Crippen molar-refractivity contribution in [2.75, 3.05) is 13.2 Å². The highest BCUT2D eigenvalue weighted by Gasteiger charge is 2.39. The molecule has 0 bridgehead atoms. The van der Waals surface area contributed by atoms with Gasteiger partial charge in [-0.15, -0.1) is 0 Å². The van der Waals surface area contributed by atoms with Gasteiger partial charge in [0, 0.05) is 12.8 Å². The minimum atomic E-state index is -1.25. The fourth-order valence-corrected chi connectivity index (χ4v) is 5.74. The van der Waals surface area contributed by atoms with Crippen molar-refractivity contribution in [1.82, 2.24) is 5.06 Å². The Balaban J connectivity index is 2.79. The van der Waals surface area contributed by atoms with Crippen LogP contribution in [0.5, 0.6) is 11.5 Å². The topological polar surface area (TPSA) is 117 Å². The molecule has 0 amide bonds. The first-order valence-corrected chi connectivity index (χ1v) is 17.4. The Labute approximate surface area is 289 Å². The molecule has 2 aromatic carbocycles. The lowest BCUT2D eigenvalue weighted by atomic mass is 9.77. The number of phenols is 2. The van der Waals surface area contributed by atoms with Gasteiger partial charge in [-0.1, -0.05) is 121 Å². The summed E-state index contributed by atoms with van der Waals surface area (Å²) in [4.78, 5) is 27.5. The number of rotatable bonds is 12. The predicted molar refractivity (Wildman–Crippen MR) is 192 cm³/mol. The van der Waals surface area contributed by atoms with Gasteiger partial charge in [-0.25, -0.2) is 0 Å². The van der Waals surface area contributed by atoms with Gasteiger partial charge in [-0.3, -0.25) is 9.59 Å². The van der Waals surface area contributed by atoms with Crippen molar-refractivity contribution in [3.05, 3.63) is 57.6 Å². The molecule has 8 nitrogen and oxygen atoms in total. The lowest BCUT2D eigenvalue weighted by Crippen LogP contribution is -2.52. The molecule has 0 fully saturated rings. The van der Waals surface area contributed by atoms with E-state index in [2.05, 4.69) is 0 Å². The fourth-order valence-electron chi connectivity index (χ4n) is 5.74. The second kappa shape index (κ2) is 15.6. The molecule has 0 saturated carbocycles. The Morgan fingerprint density at radius 1 is 0.583 bits per heavy atom. The van der Waals surface area contributed by atoms with Gasteiger partial charge in [0.1, 0.15) is 23.6 Å². The van der Waals surface area contributed by atoms with Crippen molar-refractivity contribution in [3.8, 4) is 11.5 Å². The first kappa shape index (κ1) is 41.1. The zero-order valence-corrected chi connectivity index (χ0v) is 32.1. The molecule has 0 heterocycles. The number of hydrogen-bond acceptors (Lipinski definition) is 8. The first-order valence-electron chi connectivity index (χ1n) is 17.4. The summed E-state index contributed by atoms with van der Waals surface area (Å²) in [5.41, 5.74) is 2.72. The van der Waals surface area contributed by atoms with E-state index in [1.807, 2.05) is 121 Å². The number of aromatic hydroxyl groups is 2. The maximum absolute atomic E-state index is 13.7. The molecule has 0 aliphatic carbocycles. The van der Waals surface area contributed by atoms with Crippen LogP contribution >= 0.6 is 0 Å². The molecule has 0 aromatic heterocycles. The van der Waals surface area contributed by atoms with E-state index in [-0.39, 0.29) is 37.6 Å². The van der Waals surface area contributed by atoms with Gasteiger partial charge in [-0.05, 0) is 67.9 Å². The van der Waals surface area contributed by atoms with Crippen LogP contribution in [0.1, 0.15) is 143 Å². The highest BCUT2D eigenvalue weighted by Crippen LogP contribution is 2.42. The molecular weight excluding hydrogens is 606 g/mol. The van der Waals surface area contributed by atoms with Crippen LogP contribution < -0.4 is 0 Å². The molecule has 2 unspecified atom stereocenters. The van der Waals surface area contributed by atoms with Crippen LogP contribution in [0.3, 0.4) is 0 Å². The average molecular weight is 670 g/mol. The quantitative estimate of drug-likeness (QED) is 0.152. The first-order chi connectivity index (χ1) is 21.8. The summed E-state index contributed by atoms with van der Waals surface area (Å²) in [6.07, 6.45) is 1.23. The normalized spacial score (nSPS) is 14.2. The van der Waals surface area contributed by atoms with Crippen LogP contribution in [0.2, 0.25) is 0 Å². The number of esters is 2. The maximum Gasteiger partial charge on any atom is 0.326 e. The number of carbonyl (C=O) groups excluding carboxylic acids is 2. The number of ether oxygens (including phenoxy) is 2. The van der Waals surface area contributed by atoms with Crippen molar-refractivity contribution in [2.45, 2.75) is 156 Å². The van der Waals surface area contributed by atoms with E-state index in [1.165, 1.54) is 0 Å². The van der Waals surface area contributed by atoms with E-state index in [9.17, 15) is 25.0 Å². The van der Waals surface area contributed by atoms with E-state index in [4.69, 9.17) is 9.47 Å². The summed E-state index contributed by atoms with van der Waals surface area (Å²) in [5, 5.41) is 35.4. The van der Waals surface area contributed by atoms with Gasteiger partial charge in [0.15, 0.2) is 0 Å². The smallest absolute Gasteiger partial charge is 0.326 e. The predicted octanol–water partition coefficient (Wildman–Crippen LogP) is 8.41. The van der Waals surface area contributed by atoms with Gasteiger partial charge in [0.2, 0.25) is 0 Å².